The third-order valence-electron chi connectivity index (χ3n) is 2.23. The van der Waals surface area contributed by atoms with Crippen molar-refractivity contribution in [3.05, 3.63) is 41.3 Å². The van der Waals surface area contributed by atoms with Crippen LogP contribution in [-0.2, 0) is 0 Å². The highest BCUT2D eigenvalue weighted by Gasteiger charge is 2.11. The zero-order valence-corrected chi connectivity index (χ0v) is 10.2. The van der Waals surface area contributed by atoms with Crippen molar-refractivity contribution in [2.75, 3.05) is 12.4 Å². The van der Waals surface area contributed by atoms with Crippen LogP contribution in [0.4, 0.5) is 5.69 Å². The van der Waals surface area contributed by atoms with E-state index >= 15 is 0 Å². The molecule has 0 aliphatic heterocycles. The summed E-state index contributed by atoms with van der Waals surface area (Å²) in [6, 6.07) is 7.45. The molecule has 0 aliphatic carbocycles. The summed E-state index contributed by atoms with van der Waals surface area (Å²) in [4.78, 5) is 11.7. The number of aromatic hydroxyl groups is 1. The van der Waals surface area contributed by atoms with Crippen molar-refractivity contribution < 1.29 is 19.1 Å². The number of hydrogen-bond donors (Lipinski definition) is 2. The number of furan rings is 1. The quantitative estimate of drug-likeness (QED) is 0.897. The first kappa shape index (κ1) is 12.3. The maximum atomic E-state index is 11.7. The zero-order valence-electron chi connectivity index (χ0n) is 9.44. The maximum absolute atomic E-state index is 11.7. The van der Waals surface area contributed by atoms with Crippen molar-refractivity contribution in [3.8, 4) is 11.5 Å². The number of rotatable bonds is 3. The fourth-order valence-electron chi connectivity index (χ4n) is 1.40. The lowest BCUT2D eigenvalue weighted by molar-refractivity contribution is 0.0997. The lowest BCUT2D eigenvalue weighted by Gasteiger charge is -2.06. The molecule has 6 heteroatoms. The van der Waals surface area contributed by atoms with Gasteiger partial charge in [0.1, 0.15) is 0 Å². The van der Waals surface area contributed by atoms with E-state index in [0.717, 1.165) is 0 Å². The Morgan fingerprint density at radius 2 is 2.17 bits per heavy atom. The van der Waals surface area contributed by atoms with Crippen molar-refractivity contribution >= 4 is 23.2 Å². The van der Waals surface area contributed by atoms with E-state index in [0.29, 0.717) is 11.4 Å². The summed E-state index contributed by atoms with van der Waals surface area (Å²) in [6.07, 6.45) is 0. The monoisotopic (exact) mass is 267 g/mol. The molecule has 1 aromatic heterocycles. The van der Waals surface area contributed by atoms with Crippen molar-refractivity contribution in [2.24, 2.45) is 0 Å². The largest absolute Gasteiger partial charge is 0.504 e. The lowest BCUT2D eigenvalue weighted by atomic mass is 10.2. The summed E-state index contributed by atoms with van der Waals surface area (Å²) < 4.78 is 9.85. The first-order valence-corrected chi connectivity index (χ1v) is 5.41. The molecule has 0 fully saturated rings. The number of ether oxygens (including phenoxy) is 1. The number of methoxy groups -OCH3 is 1. The molecule has 1 heterocycles. The predicted octanol–water partition coefficient (Wildman–Crippen LogP) is 2.90. The van der Waals surface area contributed by atoms with Crippen molar-refractivity contribution in [3.63, 3.8) is 0 Å². The number of nitrogens with one attached hydrogen (secondary N) is 1. The van der Waals surface area contributed by atoms with E-state index < -0.39 is 5.91 Å². The van der Waals surface area contributed by atoms with Gasteiger partial charge in [-0.05, 0) is 35.9 Å². The molecule has 2 rings (SSSR count). The molecule has 94 valence electrons. The fourth-order valence-corrected chi connectivity index (χ4v) is 1.54. The van der Waals surface area contributed by atoms with Gasteiger partial charge in [0.15, 0.2) is 22.5 Å². The van der Waals surface area contributed by atoms with Crippen LogP contribution in [0, 0.1) is 0 Å². The molecule has 2 aromatic rings. The van der Waals surface area contributed by atoms with Crippen LogP contribution in [0.1, 0.15) is 10.6 Å². The van der Waals surface area contributed by atoms with Crippen LogP contribution in [0.2, 0.25) is 5.22 Å². The molecule has 0 radical (unpaired) electrons. The Morgan fingerprint density at radius 3 is 2.72 bits per heavy atom. The number of phenols is 1. The Hall–Kier alpha value is -2.14. The highest BCUT2D eigenvalue weighted by atomic mass is 35.5. The molecule has 5 nitrogen and oxygen atoms in total. The van der Waals surface area contributed by atoms with Crippen molar-refractivity contribution in [1.29, 1.82) is 0 Å². The van der Waals surface area contributed by atoms with Crippen LogP contribution in [0.5, 0.6) is 11.5 Å². The van der Waals surface area contributed by atoms with E-state index in [1.807, 2.05) is 0 Å². The average molecular weight is 268 g/mol. The zero-order chi connectivity index (χ0) is 13.1. The Morgan fingerprint density at radius 1 is 1.39 bits per heavy atom. The summed E-state index contributed by atoms with van der Waals surface area (Å²) >= 11 is 5.57. The summed E-state index contributed by atoms with van der Waals surface area (Å²) in [5.74, 6) is -0.0939. The second kappa shape index (κ2) is 5.01. The van der Waals surface area contributed by atoms with Crippen LogP contribution in [0.3, 0.4) is 0 Å². The number of benzene rings is 1. The molecule has 0 aliphatic rings. The number of halogens is 1. The van der Waals surface area contributed by atoms with E-state index in [2.05, 4.69) is 5.32 Å². The number of hydrogen-bond acceptors (Lipinski definition) is 4. The summed E-state index contributed by atoms with van der Waals surface area (Å²) in [6.45, 7) is 0. The summed E-state index contributed by atoms with van der Waals surface area (Å²) in [5, 5.41) is 12.3. The van der Waals surface area contributed by atoms with Gasteiger partial charge >= 0.3 is 0 Å². The molecule has 18 heavy (non-hydrogen) atoms. The van der Waals surface area contributed by atoms with Gasteiger partial charge in [-0.25, -0.2) is 0 Å². The van der Waals surface area contributed by atoms with Crippen LogP contribution in [-0.4, -0.2) is 18.1 Å². The first-order valence-electron chi connectivity index (χ1n) is 5.04. The number of anilines is 1. The molecule has 0 bridgehead atoms. The van der Waals surface area contributed by atoms with Gasteiger partial charge in [0, 0.05) is 11.8 Å². The van der Waals surface area contributed by atoms with Crippen LogP contribution in [0.25, 0.3) is 0 Å². The van der Waals surface area contributed by atoms with E-state index in [1.54, 1.807) is 12.1 Å². The van der Waals surface area contributed by atoms with Gasteiger partial charge in [0.25, 0.3) is 5.91 Å². The molecule has 0 atom stereocenters. The molecule has 0 spiro atoms. The Labute approximate surface area is 108 Å². The molecule has 1 aromatic carbocycles. The van der Waals surface area contributed by atoms with Crippen LogP contribution in [0.15, 0.2) is 34.7 Å². The first-order chi connectivity index (χ1) is 8.60. The van der Waals surface area contributed by atoms with Gasteiger partial charge < -0.3 is 19.6 Å². The van der Waals surface area contributed by atoms with E-state index in [-0.39, 0.29) is 16.7 Å². The Balaban J connectivity index is 2.14. The topological polar surface area (TPSA) is 71.7 Å². The molecule has 0 unspecified atom stereocenters. The minimum atomic E-state index is -0.452. The van der Waals surface area contributed by atoms with Gasteiger partial charge in [-0.2, -0.15) is 0 Å². The molecule has 0 saturated heterocycles. The second-order valence-electron chi connectivity index (χ2n) is 3.44. The molecule has 1 amide bonds. The van der Waals surface area contributed by atoms with E-state index in [9.17, 15) is 9.90 Å². The average Bonchev–Trinajstić information content (AvgIpc) is 2.76. The van der Waals surface area contributed by atoms with E-state index in [4.69, 9.17) is 20.8 Å². The normalized spacial score (nSPS) is 10.1. The number of carbonyl (C=O) groups is 1. The third kappa shape index (κ3) is 2.57. The van der Waals surface area contributed by atoms with Gasteiger partial charge in [0.2, 0.25) is 0 Å². The molecule has 0 saturated carbocycles. The standard InChI is InChI=1S/C12H10ClNO4/c1-17-9-3-2-7(6-8(9)15)14-12(16)10-4-5-11(13)18-10/h2-6,15H,1H3,(H,14,16). The minimum absolute atomic E-state index is 0.0622. The van der Waals surface area contributed by atoms with Gasteiger partial charge in [-0.1, -0.05) is 0 Å². The number of carbonyl (C=O) groups excluding carboxylic acids is 1. The fraction of sp³-hybridized carbons (Fsp3) is 0.0833. The molecular weight excluding hydrogens is 258 g/mol. The highest BCUT2D eigenvalue weighted by Crippen LogP contribution is 2.28. The number of amides is 1. The minimum Gasteiger partial charge on any atom is -0.504 e. The lowest BCUT2D eigenvalue weighted by Crippen LogP contribution is -2.10. The molecular formula is C12H10ClNO4. The Bertz CT molecular complexity index is 579. The SMILES string of the molecule is COc1ccc(NC(=O)c2ccc(Cl)o2)cc1O. The number of phenolic OH excluding ortho intramolecular Hbond substituents is 1. The van der Waals surface area contributed by atoms with Gasteiger partial charge in [-0.15, -0.1) is 0 Å². The Kier molecular flexibility index (Phi) is 3.43. The maximum Gasteiger partial charge on any atom is 0.291 e. The highest BCUT2D eigenvalue weighted by molar-refractivity contribution is 6.29. The molecule has 2 N–H and O–H groups in total. The van der Waals surface area contributed by atoms with Crippen molar-refractivity contribution in [2.45, 2.75) is 0 Å². The van der Waals surface area contributed by atoms with Gasteiger partial charge in [-0.3, -0.25) is 4.79 Å². The van der Waals surface area contributed by atoms with E-state index in [1.165, 1.54) is 25.3 Å². The van der Waals surface area contributed by atoms with Gasteiger partial charge in [0.05, 0.1) is 7.11 Å². The van der Waals surface area contributed by atoms with Crippen molar-refractivity contribution in [1.82, 2.24) is 0 Å². The predicted molar refractivity (Wildman–Crippen MR) is 66.3 cm³/mol. The van der Waals surface area contributed by atoms with Crippen LogP contribution < -0.4 is 10.1 Å². The summed E-state index contributed by atoms with van der Waals surface area (Å²) in [5.41, 5.74) is 0.422. The summed E-state index contributed by atoms with van der Waals surface area (Å²) in [7, 11) is 1.44. The third-order valence-corrected chi connectivity index (χ3v) is 2.44. The smallest absolute Gasteiger partial charge is 0.291 e. The van der Waals surface area contributed by atoms with Crippen LogP contribution >= 0.6 is 11.6 Å². The second-order valence-corrected chi connectivity index (χ2v) is 3.82.